The van der Waals surface area contributed by atoms with Gasteiger partial charge in [-0.25, -0.2) is 0 Å². The highest BCUT2D eigenvalue weighted by molar-refractivity contribution is 5.78. The van der Waals surface area contributed by atoms with E-state index in [0.29, 0.717) is 12.1 Å². The zero-order valence-corrected chi connectivity index (χ0v) is 10.3. The van der Waals surface area contributed by atoms with Crippen molar-refractivity contribution in [3.8, 4) is 0 Å². The van der Waals surface area contributed by atoms with Gasteiger partial charge in [-0.1, -0.05) is 19.1 Å². The molecule has 1 aromatic rings. The van der Waals surface area contributed by atoms with Crippen LogP contribution in [-0.2, 0) is 11.2 Å². The maximum absolute atomic E-state index is 11.5. The smallest absolute Gasteiger partial charge is 0.269 e. The van der Waals surface area contributed by atoms with Crippen molar-refractivity contribution in [1.82, 2.24) is 10.6 Å². The van der Waals surface area contributed by atoms with Gasteiger partial charge in [0.25, 0.3) is 5.69 Å². The van der Waals surface area contributed by atoms with Crippen molar-refractivity contribution in [3.05, 3.63) is 39.9 Å². The Morgan fingerprint density at radius 2 is 2.17 bits per heavy atom. The van der Waals surface area contributed by atoms with Crippen LogP contribution in [0.2, 0.25) is 0 Å². The van der Waals surface area contributed by atoms with E-state index < -0.39 is 4.92 Å². The van der Waals surface area contributed by atoms with E-state index in [9.17, 15) is 14.9 Å². The zero-order valence-electron chi connectivity index (χ0n) is 10.3. The van der Waals surface area contributed by atoms with E-state index in [0.717, 1.165) is 13.1 Å². The lowest BCUT2D eigenvalue weighted by atomic mass is 10.1. The highest BCUT2D eigenvalue weighted by Gasteiger charge is 2.08. The number of benzene rings is 1. The molecule has 18 heavy (non-hydrogen) atoms. The fourth-order valence-corrected chi connectivity index (χ4v) is 1.49. The summed E-state index contributed by atoms with van der Waals surface area (Å²) in [5.41, 5.74) is 0.651. The van der Waals surface area contributed by atoms with Crippen LogP contribution in [0.25, 0.3) is 0 Å². The van der Waals surface area contributed by atoms with Gasteiger partial charge in [0, 0.05) is 25.2 Å². The number of hydrogen-bond donors (Lipinski definition) is 2. The average molecular weight is 251 g/mol. The highest BCUT2D eigenvalue weighted by Crippen LogP contribution is 2.13. The van der Waals surface area contributed by atoms with E-state index >= 15 is 0 Å². The van der Waals surface area contributed by atoms with Gasteiger partial charge in [0.2, 0.25) is 5.91 Å². The molecule has 98 valence electrons. The molecule has 0 unspecified atom stereocenters. The lowest BCUT2D eigenvalue weighted by Crippen LogP contribution is -2.32. The van der Waals surface area contributed by atoms with Crippen molar-refractivity contribution < 1.29 is 9.72 Å². The molecule has 0 saturated heterocycles. The molecule has 0 aliphatic rings. The van der Waals surface area contributed by atoms with Crippen molar-refractivity contribution in [2.45, 2.75) is 13.3 Å². The van der Waals surface area contributed by atoms with Gasteiger partial charge in [-0.05, 0) is 12.1 Å². The van der Waals surface area contributed by atoms with Gasteiger partial charge in [0.1, 0.15) is 0 Å². The second-order valence-electron chi connectivity index (χ2n) is 3.81. The van der Waals surface area contributed by atoms with Gasteiger partial charge in [0.05, 0.1) is 11.3 Å². The second kappa shape index (κ2) is 7.39. The molecule has 2 N–H and O–H groups in total. The Morgan fingerprint density at radius 1 is 1.39 bits per heavy atom. The van der Waals surface area contributed by atoms with Crippen LogP contribution in [0.4, 0.5) is 5.69 Å². The van der Waals surface area contributed by atoms with E-state index in [1.54, 1.807) is 12.1 Å². The molecule has 0 aromatic heterocycles. The first-order valence-corrected chi connectivity index (χ1v) is 5.84. The number of amides is 1. The molecule has 1 rings (SSSR count). The Morgan fingerprint density at radius 3 is 2.83 bits per heavy atom. The monoisotopic (exact) mass is 251 g/mol. The molecule has 0 radical (unpaired) electrons. The zero-order chi connectivity index (χ0) is 13.4. The maximum atomic E-state index is 11.5. The van der Waals surface area contributed by atoms with E-state index in [1.807, 2.05) is 6.92 Å². The number of nitrogens with zero attached hydrogens (tertiary/aromatic N) is 1. The van der Waals surface area contributed by atoms with Crippen LogP contribution in [0.1, 0.15) is 12.5 Å². The van der Waals surface area contributed by atoms with Gasteiger partial charge < -0.3 is 10.6 Å². The minimum absolute atomic E-state index is 0.00736. The van der Waals surface area contributed by atoms with Crippen LogP contribution in [0.3, 0.4) is 0 Å². The molecule has 0 spiro atoms. The second-order valence-corrected chi connectivity index (χ2v) is 3.81. The van der Waals surface area contributed by atoms with Crippen molar-refractivity contribution in [2.24, 2.45) is 0 Å². The molecule has 0 aliphatic carbocycles. The van der Waals surface area contributed by atoms with E-state index in [-0.39, 0.29) is 18.0 Å². The first-order chi connectivity index (χ1) is 8.63. The minimum atomic E-state index is -0.466. The van der Waals surface area contributed by atoms with Crippen molar-refractivity contribution in [1.29, 1.82) is 0 Å². The molecule has 0 saturated carbocycles. The standard InChI is InChI=1S/C12H17N3O3/c1-2-13-6-7-14-12(16)9-10-4-3-5-11(8-10)15(17)18/h3-5,8,13H,2,6-7,9H2,1H3,(H,14,16). The Balaban J connectivity index is 2.44. The third-order valence-corrected chi connectivity index (χ3v) is 2.36. The number of likely N-dealkylation sites (N-methyl/N-ethyl adjacent to an activating group) is 1. The van der Waals surface area contributed by atoms with E-state index in [4.69, 9.17) is 0 Å². The van der Waals surface area contributed by atoms with Crippen LogP contribution in [0, 0.1) is 10.1 Å². The summed E-state index contributed by atoms with van der Waals surface area (Å²) in [6.07, 6.45) is 0.161. The topological polar surface area (TPSA) is 84.3 Å². The molecular weight excluding hydrogens is 234 g/mol. The van der Waals surface area contributed by atoms with Crippen LogP contribution in [0.15, 0.2) is 24.3 Å². The third kappa shape index (κ3) is 4.92. The molecule has 0 aliphatic heterocycles. The van der Waals surface area contributed by atoms with Crippen LogP contribution in [0.5, 0.6) is 0 Å². The average Bonchev–Trinajstić information content (AvgIpc) is 2.35. The summed E-state index contributed by atoms with van der Waals surface area (Å²) in [4.78, 5) is 21.7. The number of hydrogen-bond acceptors (Lipinski definition) is 4. The molecule has 0 fully saturated rings. The Hall–Kier alpha value is -1.95. The summed E-state index contributed by atoms with van der Waals surface area (Å²) in [5.74, 6) is -0.131. The number of carbonyl (C=O) groups excluding carboxylic acids is 1. The Bertz CT molecular complexity index is 421. The predicted octanol–water partition coefficient (Wildman–Crippen LogP) is 0.863. The fourth-order valence-electron chi connectivity index (χ4n) is 1.49. The summed E-state index contributed by atoms with van der Waals surface area (Å²) >= 11 is 0. The van der Waals surface area contributed by atoms with Gasteiger partial charge in [0.15, 0.2) is 0 Å². The minimum Gasteiger partial charge on any atom is -0.355 e. The first kappa shape index (κ1) is 14.1. The summed E-state index contributed by atoms with van der Waals surface area (Å²) in [7, 11) is 0. The summed E-state index contributed by atoms with van der Waals surface area (Å²) in [5, 5.41) is 16.4. The lowest BCUT2D eigenvalue weighted by molar-refractivity contribution is -0.384. The summed E-state index contributed by atoms with van der Waals surface area (Å²) < 4.78 is 0. The number of nitrogens with one attached hydrogen (secondary N) is 2. The van der Waals surface area contributed by atoms with E-state index in [1.165, 1.54) is 12.1 Å². The van der Waals surface area contributed by atoms with Crippen LogP contribution >= 0.6 is 0 Å². The van der Waals surface area contributed by atoms with Gasteiger partial charge in [-0.2, -0.15) is 0 Å². The molecule has 1 aromatic carbocycles. The molecule has 0 heterocycles. The largest absolute Gasteiger partial charge is 0.355 e. The molecule has 6 heteroatoms. The highest BCUT2D eigenvalue weighted by atomic mass is 16.6. The molecule has 0 atom stereocenters. The Labute approximate surface area is 106 Å². The van der Waals surface area contributed by atoms with Gasteiger partial charge >= 0.3 is 0 Å². The summed E-state index contributed by atoms with van der Waals surface area (Å²) in [6.45, 7) is 4.13. The number of nitro benzene ring substituents is 1. The van der Waals surface area contributed by atoms with E-state index in [2.05, 4.69) is 10.6 Å². The van der Waals surface area contributed by atoms with Crippen molar-refractivity contribution in [3.63, 3.8) is 0 Å². The normalized spacial score (nSPS) is 10.1. The fraction of sp³-hybridized carbons (Fsp3) is 0.417. The van der Waals surface area contributed by atoms with Crippen LogP contribution < -0.4 is 10.6 Å². The molecule has 1 amide bonds. The number of rotatable bonds is 7. The molecular formula is C12H17N3O3. The number of carbonyl (C=O) groups is 1. The number of non-ortho nitro benzene ring substituents is 1. The quantitative estimate of drug-likeness (QED) is 0.427. The Kier molecular flexibility index (Phi) is 5.79. The molecule has 0 bridgehead atoms. The number of nitro groups is 1. The summed E-state index contributed by atoms with van der Waals surface area (Å²) in [6, 6.07) is 6.12. The maximum Gasteiger partial charge on any atom is 0.269 e. The van der Waals surface area contributed by atoms with Crippen LogP contribution in [-0.4, -0.2) is 30.5 Å². The van der Waals surface area contributed by atoms with Gasteiger partial charge in [-0.15, -0.1) is 0 Å². The lowest BCUT2D eigenvalue weighted by Gasteiger charge is -2.05. The first-order valence-electron chi connectivity index (χ1n) is 5.84. The predicted molar refractivity (Wildman–Crippen MR) is 68.4 cm³/mol. The van der Waals surface area contributed by atoms with Crippen molar-refractivity contribution in [2.75, 3.05) is 19.6 Å². The van der Waals surface area contributed by atoms with Gasteiger partial charge in [-0.3, -0.25) is 14.9 Å². The van der Waals surface area contributed by atoms with Crippen molar-refractivity contribution >= 4 is 11.6 Å². The molecule has 6 nitrogen and oxygen atoms in total. The third-order valence-electron chi connectivity index (χ3n) is 2.36. The SMILES string of the molecule is CCNCCNC(=O)Cc1cccc([N+](=O)[O-])c1.